The molecule has 2 N–H and O–H groups in total. The number of imide groups is 1. The Morgan fingerprint density at radius 2 is 1.61 bits per heavy atom. The number of ether oxygens (including phenoxy) is 1. The van der Waals surface area contributed by atoms with Crippen LogP contribution in [-0.2, 0) is 16.1 Å². The fraction of sp³-hybridized carbons (Fsp3) is 0.556. The van der Waals surface area contributed by atoms with E-state index in [1.165, 1.54) is 17.3 Å². The summed E-state index contributed by atoms with van der Waals surface area (Å²) >= 11 is 0. The number of nitrogens with zero attached hydrogens (tertiary/aromatic N) is 7. The fourth-order valence-electron chi connectivity index (χ4n) is 10.3. The summed E-state index contributed by atoms with van der Waals surface area (Å²) in [4.78, 5) is 54.4. The predicted molar refractivity (Wildman–Crippen MR) is 222 cm³/mol. The van der Waals surface area contributed by atoms with Gasteiger partial charge in [-0.3, -0.25) is 24.8 Å². The van der Waals surface area contributed by atoms with Crippen LogP contribution in [-0.4, -0.2) is 111 Å². The molecule has 5 aliphatic heterocycles. The van der Waals surface area contributed by atoms with Gasteiger partial charge in [0.1, 0.15) is 35.2 Å². The zero-order valence-electron chi connectivity index (χ0n) is 34.5. The van der Waals surface area contributed by atoms with Crippen LogP contribution in [0.2, 0.25) is 0 Å². The number of aromatic amines is 1. The number of hydrogen-bond acceptors (Lipinski definition) is 10. The van der Waals surface area contributed by atoms with Gasteiger partial charge >= 0.3 is 0 Å². The van der Waals surface area contributed by atoms with E-state index in [2.05, 4.69) is 35.3 Å². The Morgan fingerprint density at radius 3 is 2.34 bits per heavy atom. The second-order valence-electron chi connectivity index (χ2n) is 18.6. The molecular weight excluding hydrogens is 788 g/mol. The molecule has 3 amide bonds. The van der Waals surface area contributed by atoms with E-state index in [4.69, 9.17) is 4.74 Å². The first-order valence-electron chi connectivity index (χ1n) is 22.0. The van der Waals surface area contributed by atoms with E-state index < -0.39 is 29.3 Å². The summed E-state index contributed by atoms with van der Waals surface area (Å²) in [7, 11) is 0. The van der Waals surface area contributed by atoms with Crippen LogP contribution >= 0.6 is 0 Å². The summed E-state index contributed by atoms with van der Waals surface area (Å²) in [6.07, 6.45) is 8.93. The van der Waals surface area contributed by atoms with E-state index in [0.717, 1.165) is 82.5 Å². The lowest BCUT2D eigenvalue weighted by Gasteiger charge is -2.42. The summed E-state index contributed by atoms with van der Waals surface area (Å²) in [5, 5.41) is 10.4. The van der Waals surface area contributed by atoms with Gasteiger partial charge in [0.05, 0.1) is 23.4 Å². The number of anilines is 2. The molecule has 10 rings (SSSR count). The van der Waals surface area contributed by atoms with Gasteiger partial charge < -0.3 is 24.3 Å². The first kappa shape index (κ1) is 39.9. The molecule has 0 bridgehead atoms. The summed E-state index contributed by atoms with van der Waals surface area (Å²) in [6, 6.07) is 7.61. The first-order chi connectivity index (χ1) is 29.4. The minimum absolute atomic E-state index is 0.0125. The van der Waals surface area contributed by atoms with E-state index >= 15 is 8.78 Å². The highest BCUT2D eigenvalue weighted by molar-refractivity contribution is 6.05. The van der Waals surface area contributed by atoms with Crippen molar-refractivity contribution in [2.24, 2.45) is 11.8 Å². The highest BCUT2D eigenvalue weighted by Gasteiger charge is 2.43. The van der Waals surface area contributed by atoms with Gasteiger partial charge in [0.2, 0.25) is 11.8 Å². The average molecular weight is 840 g/mol. The zero-order valence-corrected chi connectivity index (χ0v) is 34.5. The number of H-pyrrole nitrogens is 1. The summed E-state index contributed by atoms with van der Waals surface area (Å²) in [5.74, 6) is -0.326. The fourth-order valence-corrected chi connectivity index (χ4v) is 10.3. The van der Waals surface area contributed by atoms with Crippen molar-refractivity contribution in [3.05, 3.63) is 59.4 Å². The number of aromatic nitrogens is 4. The molecule has 4 aromatic rings. The second kappa shape index (κ2) is 15.6. The van der Waals surface area contributed by atoms with Crippen molar-refractivity contribution in [3.63, 3.8) is 0 Å². The van der Waals surface area contributed by atoms with Gasteiger partial charge in [-0.2, -0.15) is 5.10 Å². The first-order valence-corrected chi connectivity index (χ1v) is 22.0. The van der Waals surface area contributed by atoms with E-state index in [1.54, 1.807) is 18.2 Å². The lowest BCUT2D eigenvalue weighted by Crippen LogP contribution is -2.52. The van der Waals surface area contributed by atoms with Gasteiger partial charge in [0.15, 0.2) is 17.4 Å². The number of carbonyl (C=O) groups excluding carboxylic acids is 3. The van der Waals surface area contributed by atoms with Crippen LogP contribution < -0.4 is 19.9 Å². The van der Waals surface area contributed by atoms with Gasteiger partial charge in [-0.15, -0.1) is 0 Å². The standard InChI is InChI=1S/C45H52F3N9O4/c1-44(10-11-44)61-37-20-30-33(21-32(37)46)52-53-41(30)34-22-38(50-26-49-34)56-16-6-27(7-17-56)23-45(48)12-18-54(19-13-45)24-28-8-14-55(15-9-28)35-3-2-29-31(40(35)47)25-57(43(29)60)36-4-5-39(58)51-42(36)59/h2-3,20-22,26-28,36H,4-19,23-25H2,1H3,(H,52,53)(H,51,58,59). The molecule has 1 aliphatic carbocycles. The molecule has 2 aromatic carbocycles. The van der Waals surface area contributed by atoms with Crippen LogP contribution in [0.25, 0.3) is 22.3 Å². The number of fused-ring (bicyclic) bond motifs is 2. The molecule has 0 radical (unpaired) electrons. The topological polar surface area (TPSA) is 140 Å². The lowest BCUT2D eigenvalue weighted by atomic mass is 9.80. The van der Waals surface area contributed by atoms with Gasteiger partial charge in [0.25, 0.3) is 5.91 Å². The molecule has 1 atom stereocenters. The molecule has 6 aliphatic rings. The van der Waals surface area contributed by atoms with Crippen LogP contribution in [0, 0.1) is 23.5 Å². The van der Waals surface area contributed by atoms with Gasteiger partial charge in [-0.25, -0.2) is 23.1 Å². The lowest BCUT2D eigenvalue weighted by molar-refractivity contribution is -0.136. The molecule has 4 saturated heterocycles. The van der Waals surface area contributed by atoms with E-state index in [-0.39, 0.29) is 48.1 Å². The Balaban J connectivity index is 0.683. The molecule has 1 saturated carbocycles. The van der Waals surface area contributed by atoms with Crippen LogP contribution in [0.5, 0.6) is 5.75 Å². The van der Waals surface area contributed by atoms with Crippen LogP contribution in [0.15, 0.2) is 36.7 Å². The van der Waals surface area contributed by atoms with Crippen LogP contribution in [0.1, 0.15) is 93.5 Å². The second-order valence-corrected chi connectivity index (χ2v) is 18.6. The van der Waals surface area contributed by atoms with Gasteiger partial charge in [0, 0.05) is 80.9 Å². The summed E-state index contributed by atoms with van der Waals surface area (Å²) in [6.45, 7) is 7.31. The number of hydrogen-bond donors (Lipinski definition) is 2. The Bertz CT molecular complexity index is 2360. The maximum Gasteiger partial charge on any atom is 0.255 e. The van der Waals surface area contributed by atoms with E-state index in [0.29, 0.717) is 72.3 Å². The Morgan fingerprint density at radius 1 is 0.869 bits per heavy atom. The third kappa shape index (κ3) is 7.91. The smallest absolute Gasteiger partial charge is 0.255 e. The van der Waals surface area contributed by atoms with Crippen molar-refractivity contribution in [1.29, 1.82) is 0 Å². The Hall–Kier alpha value is -5.25. The highest BCUT2D eigenvalue weighted by atomic mass is 19.1. The van der Waals surface area contributed by atoms with Crippen LogP contribution in [0.4, 0.5) is 24.7 Å². The van der Waals surface area contributed by atoms with Crippen LogP contribution in [0.3, 0.4) is 0 Å². The van der Waals surface area contributed by atoms with Crippen molar-refractivity contribution in [1.82, 2.24) is 35.3 Å². The average Bonchev–Trinajstić information content (AvgIpc) is 3.69. The molecular formula is C45H52F3N9O4. The quantitative estimate of drug-likeness (QED) is 0.175. The normalized spacial score (nSPS) is 23.4. The number of nitrogens with one attached hydrogen (secondary N) is 2. The summed E-state index contributed by atoms with van der Waals surface area (Å²) in [5.41, 5.74) is 1.41. The van der Waals surface area contributed by atoms with E-state index in [1.807, 2.05) is 17.9 Å². The summed E-state index contributed by atoms with van der Waals surface area (Å²) < 4.78 is 53.1. The molecule has 1 unspecified atom stereocenters. The predicted octanol–water partition coefficient (Wildman–Crippen LogP) is 6.32. The van der Waals surface area contributed by atoms with Gasteiger partial charge in [-0.1, -0.05) is 0 Å². The Labute approximate surface area is 352 Å². The maximum absolute atomic E-state index is 16.4. The molecule has 0 spiro atoms. The SMILES string of the molecule is CC1(Oc2cc3c(-c4cc(N5CCC(CC6(F)CCN(CC7CCN(c8ccc9c(c8F)CN(C8CCC(=O)NC8=O)C9=O)CC7)CC6)CC5)ncn4)n[nH]c3cc2F)CC1. The molecule has 61 heavy (non-hydrogen) atoms. The number of likely N-dealkylation sites (tertiary alicyclic amines) is 1. The highest BCUT2D eigenvalue weighted by Crippen LogP contribution is 2.43. The van der Waals surface area contributed by atoms with Crippen molar-refractivity contribution < 1.29 is 32.3 Å². The molecule has 5 fully saturated rings. The van der Waals surface area contributed by atoms with Crippen molar-refractivity contribution in [2.45, 2.75) is 101 Å². The molecule has 16 heteroatoms. The van der Waals surface area contributed by atoms with E-state index in [9.17, 15) is 18.8 Å². The van der Waals surface area contributed by atoms with Crippen molar-refractivity contribution in [3.8, 4) is 17.1 Å². The minimum Gasteiger partial charge on any atom is -0.484 e. The number of piperidine rings is 4. The number of halogens is 3. The monoisotopic (exact) mass is 839 g/mol. The van der Waals surface area contributed by atoms with Crippen molar-refractivity contribution >= 4 is 40.1 Å². The molecule has 7 heterocycles. The Kier molecular flexibility index (Phi) is 10.2. The number of rotatable bonds is 10. The maximum atomic E-state index is 16.4. The molecule has 13 nitrogen and oxygen atoms in total. The molecule has 2 aromatic heterocycles. The zero-order chi connectivity index (χ0) is 42.0. The van der Waals surface area contributed by atoms with Crippen molar-refractivity contribution in [2.75, 3.05) is 55.6 Å². The number of carbonyl (C=O) groups is 3. The third-order valence-electron chi connectivity index (χ3n) is 14.3. The molecule has 322 valence electrons. The largest absolute Gasteiger partial charge is 0.484 e. The third-order valence-corrected chi connectivity index (χ3v) is 14.3. The number of benzene rings is 2. The number of alkyl halides is 1. The minimum atomic E-state index is -1.17. The van der Waals surface area contributed by atoms with Gasteiger partial charge in [-0.05, 0) is 101 Å². The number of amides is 3.